The number of nitrogens with zero attached hydrogens (tertiary/aromatic N) is 2. The summed E-state index contributed by atoms with van der Waals surface area (Å²) in [4.78, 5) is 21.6. The Balaban J connectivity index is 2.35. The van der Waals surface area contributed by atoms with E-state index in [9.17, 15) is 23.7 Å². The average Bonchev–Trinajstić information content (AvgIpc) is 2.71. The van der Waals surface area contributed by atoms with Gasteiger partial charge in [0.15, 0.2) is 0 Å². The minimum atomic E-state index is -1.31. The highest BCUT2D eigenvalue weighted by molar-refractivity contribution is 9.10. The second kappa shape index (κ2) is 5.60. The van der Waals surface area contributed by atoms with E-state index in [-0.39, 0.29) is 5.69 Å². The normalized spacial score (nSPS) is 10.5. The second-order valence-corrected chi connectivity index (χ2v) is 5.06. The van der Waals surface area contributed by atoms with Crippen LogP contribution in [0.2, 0.25) is 0 Å². The highest BCUT2D eigenvalue weighted by atomic mass is 79.9. The molecule has 0 saturated carbocycles. The molecular weight excluding hydrogens is 352 g/mol. The molecule has 0 radical (unpaired) electrons. The van der Waals surface area contributed by atoms with Crippen LogP contribution in [0.15, 0.2) is 28.9 Å². The van der Waals surface area contributed by atoms with Gasteiger partial charge in [0.1, 0.15) is 11.5 Å². The number of hydrogen-bond donors (Lipinski definition) is 1. The third-order valence-corrected chi connectivity index (χ3v) is 3.12. The summed E-state index contributed by atoms with van der Waals surface area (Å²) in [6, 6.07) is 2.49. The van der Waals surface area contributed by atoms with Crippen LogP contribution in [0.4, 0.5) is 20.2 Å². The Kier molecular flexibility index (Phi) is 4.03. The molecule has 110 valence electrons. The Morgan fingerprint density at radius 2 is 2.00 bits per heavy atom. The monoisotopic (exact) mass is 359 g/mol. The van der Waals surface area contributed by atoms with Gasteiger partial charge in [0.25, 0.3) is 5.91 Å². The largest absolute Gasteiger partial charge is 0.345 e. The molecule has 0 aliphatic heterocycles. The third kappa shape index (κ3) is 3.07. The lowest BCUT2D eigenvalue weighted by molar-refractivity contribution is -0.387. The molecule has 0 saturated heterocycles. The lowest BCUT2D eigenvalue weighted by Crippen LogP contribution is -2.16. The van der Waals surface area contributed by atoms with Crippen molar-refractivity contribution in [3.63, 3.8) is 0 Å². The van der Waals surface area contributed by atoms with Crippen LogP contribution in [-0.4, -0.2) is 15.4 Å². The van der Waals surface area contributed by atoms with Crippen LogP contribution < -0.4 is 5.32 Å². The minimum absolute atomic E-state index is 0.202. The number of benzene rings is 1. The summed E-state index contributed by atoms with van der Waals surface area (Å²) in [5, 5.41) is 12.8. The average molecular weight is 360 g/mol. The predicted octanol–water partition coefficient (Wildman–Crippen LogP) is 3.23. The fourth-order valence-corrected chi connectivity index (χ4v) is 2.23. The number of aryl methyl sites for hydroxylation is 1. The van der Waals surface area contributed by atoms with Gasteiger partial charge in [-0.1, -0.05) is 0 Å². The highest BCUT2D eigenvalue weighted by Crippen LogP contribution is 2.25. The number of rotatable bonds is 3. The summed E-state index contributed by atoms with van der Waals surface area (Å²) < 4.78 is 28.9. The molecule has 1 amide bonds. The van der Waals surface area contributed by atoms with Crippen molar-refractivity contribution in [1.82, 2.24) is 4.57 Å². The van der Waals surface area contributed by atoms with Crippen LogP contribution in [0.3, 0.4) is 0 Å². The molecule has 1 N–H and O–H groups in total. The summed E-state index contributed by atoms with van der Waals surface area (Å²) >= 11 is 3.18. The topological polar surface area (TPSA) is 77.2 Å². The van der Waals surface area contributed by atoms with Crippen LogP contribution in [0.25, 0.3) is 0 Å². The van der Waals surface area contributed by atoms with Crippen molar-refractivity contribution in [3.05, 3.63) is 56.3 Å². The summed E-state index contributed by atoms with van der Waals surface area (Å²) in [5.74, 6) is -3.08. The van der Waals surface area contributed by atoms with Crippen molar-refractivity contribution in [1.29, 1.82) is 0 Å². The lowest BCUT2D eigenvalue weighted by atomic mass is 10.2. The molecule has 0 aliphatic rings. The van der Waals surface area contributed by atoms with E-state index in [1.165, 1.54) is 10.6 Å². The number of aromatic nitrogens is 1. The van der Waals surface area contributed by atoms with Gasteiger partial charge in [0.2, 0.25) is 5.82 Å². The summed E-state index contributed by atoms with van der Waals surface area (Å²) in [7, 11) is 1.60. The van der Waals surface area contributed by atoms with E-state index < -0.39 is 33.8 Å². The molecule has 0 fully saturated rings. The van der Waals surface area contributed by atoms with E-state index in [4.69, 9.17) is 0 Å². The number of carbonyl (C=O) groups excluding carboxylic acids is 1. The van der Waals surface area contributed by atoms with E-state index in [0.29, 0.717) is 16.6 Å². The zero-order valence-corrected chi connectivity index (χ0v) is 12.1. The molecule has 1 aromatic carbocycles. The van der Waals surface area contributed by atoms with Gasteiger partial charge in [-0.3, -0.25) is 14.9 Å². The molecule has 0 spiro atoms. The lowest BCUT2D eigenvalue weighted by Gasteiger charge is -2.07. The minimum Gasteiger partial charge on any atom is -0.345 e. The number of nitrogens with one attached hydrogen (secondary N) is 1. The summed E-state index contributed by atoms with van der Waals surface area (Å²) in [5.41, 5.74) is -1.18. The molecule has 2 rings (SSSR count). The van der Waals surface area contributed by atoms with Gasteiger partial charge in [-0.15, -0.1) is 0 Å². The van der Waals surface area contributed by atoms with E-state index >= 15 is 0 Å². The first-order valence-corrected chi connectivity index (χ1v) is 6.35. The van der Waals surface area contributed by atoms with E-state index in [2.05, 4.69) is 21.2 Å². The first-order chi connectivity index (χ1) is 9.79. The van der Waals surface area contributed by atoms with Crippen LogP contribution >= 0.6 is 15.9 Å². The Morgan fingerprint density at radius 1 is 1.33 bits per heavy atom. The molecule has 2 aromatic rings. The zero-order valence-electron chi connectivity index (χ0n) is 10.6. The molecule has 0 atom stereocenters. The smallest absolute Gasteiger partial charge is 0.307 e. The zero-order chi connectivity index (χ0) is 15.7. The van der Waals surface area contributed by atoms with Crippen molar-refractivity contribution in [3.8, 4) is 0 Å². The highest BCUT2D eigenvalue weighted by Gasteiger charge is 2.20. The second-order valence-electron chi connectivity index (χ2n) is 4.15. The molecule has 21 heavy (non-hydrogen) atoms. The van der Waals surface area contributed by atoms with E-state index in [1.54, 1.807) is 13.2 Å². The van der Waals surface area contributed by atoms with Crippen molar-refractivity contribution in [2.45, 2.75) is 0 Å². The van der Waals surface area contributed by atoms with Crippen molar-refractivity contribution < 1.29 is 18.5 Å². The molecule has 1 heterocycles. The number of hydrogen-bond acceptors (Lipinski definition) is 3. The Morgan fingerprint density at radius 3 is 2.52 bits per heavy atom. The first kappa shape index (κ1) is 15.1. The molecular formula is C12H8BrF2N3O3. The molecule has 9 heteroatoms. The third-order valence-electron chi connectivity index (χ3n) is 2.69. The van der Waals surface area contributed by atoms with Crippen molar-refractivity contribution in [2.75, 3.05) is 5.32 Å². The van der Waals surface area contributed by atoms with Crippen molar-refractivity contribution in [2.24, 2.45) is 7.05 Å². The number of halogens is 3. The predicted molar refractivity (Wildman–Crippen MR) is 74.1 cm³/mol. The fraction of sp³-hybridized carbons (Fsp3) is 0.0833. The molecule has 6 nitrogen and oxygen atoms in total. The first-order valence-electron chi connectivity index (χ1n) is 5.56. The Labute approximate surface area is 125 Å². The molecule has 0 bridgehead atoms. The number of nitro groups is 1. The van der Waals surface area contributed by atoms with Gasteiger partial charge in [0.05, 0.1) is 10.6 Å². The van der Waals surface area contributed by atoms with Crippen LogP contribution in [0.5, 0.6) is 0 Å². The molecule has 0 aliphatic carbocycles. The Bertz CT molecular complexity index is 746. The molecule has 0 unspecified atom stereocenters. The number of carbonyl (C=O) groups is 1. The maximum Gasteiger partial charge on any atom is 0.307 e. The van der Waals surface area contributed by atoms with Crippen LogP contribution in [0.1, 0.15) is 10.5 Å². The van der Waals surface area contributed by atoms with Crippen LogP contribution in [0, 0.1) is 21.7 Å². The van der Waals surface area contributed by atoms with Gasteiger partial charge < -0.3 is 9.88 Å². The van der Waals surface area contributed by atoms with Gasteiger partial charge in [-0.2, -0.15) is 4.39 Å². The van der Waals surface area contributed by atoms with Gasteiger partial charge in [0, 0.05) is 29.8 Å². The fourth-order valence-electron chi connectivity index (χ4n) is 1.71. The van der Waals surface area contributed by atoms with Gasteiger partial charge in [-0.25, -0.2) is 4.39 Å². The number of anilines is 1. The maximum absolute atomic E-state index is 13.6. The summed E-state index contributed by atoms with van der Waals surface area (Å²) in [6.07, 6.45) is 1.61. The van der Waals surface area contributed by atoms with Gasteiger partial charge >= 0.3 is 5.69 Å². The maximum atomic E-state index is 13.6. The summed E-state index contributed by atoms with van der Waals surface area (Å²) in [6.45, 7) is 0. The molecule has 1 aromatic heterocycles. The van der Waals surface area contributed by atoms with E-state index in [0.717, 1.165) is 0 Å². The van der Waals surface area contributed by atoms with Gasteiger partial charge in [-0.05, 0) is 22.0 Å². The standard InChI is InChI=1S/C12H8BrF2N3O3/c1-17-5-6(13)2-11(17)12(19)16-9-4-10(18(20)21)8(15)3-7(9)14/h2-5H,1H3,(H,16,19). The quantitative estimate of drug-likeness (QED) is 0.675. The van der Waals surface area contributed by atoms with Crippen LogP contribution in [-0.2, 0) is 7.05 Å². The van der Waals surface area contributed by atoms with Crippen molar-refractivity contribution >= 4 is 33.2 Å². The Hall–Kier alpha value is -2.29. The number of nitro benzene ring substituents is 1. The number of amides is 1. The SMILES string of the molecule is Cn1cc(Br)cc1C(=O)Nc1cc([N+](=O)[O-])c(F)cc1F. The van der Waals surface area contributed by atoms with E-state index in [1.807, 2.05) is 0 Å².